The molecule has 1 N–H and O–H groups in total. The lowest BCUT2D eigenvalue weighted by Gasteiger charge is -2.08. The van der Waals surface area contributed by atoms with Crippen LogP contribution in [0.4, 0.5) is 0 Å². The van der Waals surface area contributed by atoms with Crippen molar-refractivity contribution in [2.75, 3.05) is 6.54 Å². The molecule has 0 saturated carbocycles. The molecule has 2 aromatic rings. The van der Waals surface area contributed by atoms with E-state index in [0.29, 0.717) is 33.2 Å². The van der Waals surface area contributed by atoms with Crippen molar-refractivity contribution in [3.8, 4) is 11.6 Å². The zero-order valence-electron chi connectivity index (χ0n) is 10.7. The van der Waals surface area contributed by atoms with Gasteiger partial charge in [-0.2, -0.15) is 0 Å². The summed E-state index contributed by atoms with van der Waals surface area (Å²) in [6.45, 7) is 3.56. The van der Waals surface area contributed by atoms with Crippen LogP contribution in [0.1, 0.15) is 12.6 Å². The second-order valence-corrected chi connectivity index (χ2v) is 5.15. The molecule has 7 heteroatoms. The van der Waals surface area contributed by atoms with E-state index in [1.54, 1.807) is 12.3 Å². The number of aromatic nitrogens is 2. The van der Waals surface area contributed by atoms with Gasteiger partial charge in [0.15, 0.2) is 0 Å². The lowest BCUT2D eigenvalue weighted by molar-refractivity contribution is 0.459. The van der Waals surface area contributed by atoms with E-state index in [1.165, 1.54) is 12.3 Å². The molecular formula is C13H12Cl3N3O. The third-order valence-corrected chi connectivity index (χ3v) is 3.44. The van der Waals surface area contributed by atoms with E-state index < -0.39 is 0 Å². The summed E-state index contributed by atoms with van der Waals surface area (Å²) in [7, 11) is 0. The van der Waals surface area contributed by atoms with Crippen molar-refractivity contribution in [3.63, 3.8) is 0 Å². The Labute approximate surface area is 132 Å². The number of benzene rings is 1. The van der Waals surface area contributed by atoms with Crippen molar-refractivity contribution in [2.24, 2.45) is 0 Å². The average Bonchev–Trinajstić information content (AvgIpc) is 2.44. The first-order valence-corrected chi connectivity index (χ1v) is 7.07. The Kier molecular flexibility index (Phi) is 5.43. The van der Waals surface area contributed by atoms with Crippen LogP contribution in [0.2, 0.25) is 15.1 Å². The van der Waals surface area contributed by atoms with Crippen LogP contribution in [-0.4, -0.2) is 16.5 Å². The maximum Gasteiger partial charge on any atom is 0.237 e. The third-order valence-electron chi connectivity index (χ3n) is 2.43. The minimum Gasteiger partial charge on any atom is -0.436 e. The van der Waals surface area contributed by atoms with Gasteiger partial charge >= 0.3 is 0 Å². The number of ether oxygens (including phenoxy) is 1. The van der Waals surface area contributed by atoms with Crippen LogP contribution >= 0.6 is 34.8 Å². The highest BCUT2D eigenvalue weighted by Gasteiger charge is 2.09. The van der Waals surface area contributed by atoms with Crippen molar-refractivity contribution in [1.29, 1.82) is 0 Å². The molecule has 0 fully saturated rings. The molecule has 0 unspecified atom stereocenters. The summed E-state index contributed by atoms with van der Waals surface area (Å²) in [6.07, 6.45) is 3.18. The van der Waals surface area contributed by atoms with Crippen molar-refractivity contribution in [1.82, 2.24) is 15.3 Å². The Hall–Kier alpha value is -1.07. The monoisotopic (exact) mass is 331 g/mol. The van der Waals surface area contributed by atoms with Gasteiger partial charge < -0.3 is 10.1 Å². The first-order chi connectivity index (χ1) is 9.60. The molecular weight excluding hydrogens is 321 g/mol. The highest BCUT2D eigenvalue weighted by atomic mass is 35.5. The van der Waals surface area contributed by atoms with E-state index in [9.17, 15) is 0 Å². The van der Waals surface area contributed by atoms with E-state index in [-0.39, 0.29) is 0 Å². The quantitative estimate of drug-likeness (QED) is 0.827. The van der Waals surface area contributed by atoms with Crippen molar-refractivity contribution >= 4 is 34.8 Å². The standard InChI is InChI=1S/C13H12Cl3N3O/c1-2-17-5-8-6-19-13(7-18-8)20-12-4-10(15)9(14)3-11(12)16/h3-4,6-7,17H,2,5H2,1H3. The van der Waals surface area contributed by atoms with Gasteiger partial charge in [0.1, 0.15) is 5.75 Å². The Morgan fingerprint density at radius 1 is 1.05 bits per heavy atom. The number of hydrogen-bond donors (Lipinski definition) is 1. The largest absolute Gasteiger partial charge is 0.436 e. The van der Waals surface area contributed by atoms with E-state index in [1.807, 2.05) is 6.92 Å². The van der Waals surface area contributed by atoms with Gasteiger partial charge in [0.2, 0.25) is 5.88 Å². The molecule has 1 aromatic carbocycles. The van der Waals surface area contributed by atoms with Crippen molar-refractivity contribution in [2.45, 2.75) is 13.5 Å². The molecule has 0 bridgehead atoms. The first-order valence-electron chi connectivity index (χ1n) is 5.94. The highest BCUT2D eigenvalue weighted by molar-refractivity contribution is 6.43. The van der Waals surface area contributed by atoms with Gasteiger partial charge in [0, 0.05) is 12.6 Å². The molecule has 1 aromatic heterocycles. The van der Waals surface area contributed by atoms with E-state index >= 15 is 0 Å². The molecule has 0 aliphatic carbocycles. The second kappa shape index (κ2) is 7.09. The molecule has 0 atom stereocenters. The smallest absolute Gasteiger partial charge is 0.237 e. The Balaban J connectivity index is 2.12. The maximum atomic E-state index is 6.02. The lowest BCUT2D eigenvalue weighted by Crippen LogP contribution is -2.13. The molecule has 0 spiro atoms. The SMILES string of the molecule is CCNCc1cnc(Oc2cc(Cl)c(Cl)cc2Cl)cn1. The van der Waals surface area contributed by atoms with Crippen LogP contribution in [0.15, 0.2) is 24.5 Å². The summed E-state index contributed by atoms with van der Waals surface area (Å²) in [5.74, 6) is 0.723. The summed E-state index contributed by atoms with van der Waals surface area (Å²) in [6, 6.07) is 3.06. The van der Waals surface area contributed by atoms with Crippen LogP contribution in [0.5, 0.6) is 11.6 Å². The van der Waals surface area contributed by atoms with E-state index in [0.717, 1.165) is 12.2 Å². The van der Waals surface area contributed by atoms with Crippen LogP contribution in [-0.2, 0) is 6.54 Å². The first kappa shape index (κ1) is 15.3. The molecule has 0 radical (unpaired) electrons. The van der Waals surface area contributed by atoms with Crippen molar-refractivity contribution < 1.29 is 4.74 Å². The number of nitrogens with one attached hydrogen (secondary N) is 1. The minimum atomic E-state index is 0.338. The number of nitrogens with zero attached hydrogens (tertiary/aromatic N) is 2. The fourth-order valence-corrected chi connectivity index (χ4v) is 2.01. The molecule has 20 heavy (non-hydrogen) atoms. The fraction of sp³-hybridized carbons (Fsp3) is 0.231. The Morgan fingerprint density at radius 2 is 1.80 bits per heavy atom. The summed E-state index contributed by atoms with van der Waals surface area (Å²) < 4.78 is 5.54. The minimum absolute atomic E-state index is 0.338. The Bertz CT molecular complexity index is 590. The van der Waals surface area contributed by atoms with Gasteiger partial charge in [-0.3, -0.25) is 4.98 Å². The van der Waals surface area contributed by atoms with E-state index in [2.05, 4.69) is 15.3 Å². The highest BCUT2D eigenvalue weighted by Crippen LogP contribution is 2.35. The topological polar surface area (TPSA) is 47.0 Å². The second-order valence-electron chi connectivity index (χ2n) is 3.93. The summed E-state index contributed by atoms with van der Waals surface area (Å²) >= 11 is 17.8. The molecule has 106 valence electrons. The molecule has 4 nitrogen and oxygen atoms in total. The zero-order chi connectivity index (χ0) is 14.5. The average molecular weight is 333 g/mol. The lowest BCUT2D eigenvalue weighted by atomic mass is 10.3. The molecule has 0 aliphatic rings. The van der Waals surface area contributed by atoms with E-state index in [4.69, 9.17) is 39.5 Å². The van der Waals surface area contributed by atoms with Gasteiger partial charge in [0.25, 0.3) is 0 Å². The van der Waals surface area contributed by atoms with Gasteiger partial charge in [-0.1, -0.05) is 41.7 Å². The summed E-state index contributed by atoms with van der Waals surface area (Å²) in [4.78, 5) is 8.39. The molecule has 0 saturated heterocycles. The summed E-state index contributed by atoms with van der Waals surface area (Å²) in [5.41, 5.74) is 0.833. The van der Waals surface area contributed by atoms with Gasteiger partial charge in [-0.05, 0) is 12.6 Å². The third kappa shape index (κ3) is 3.96. The van der Waals surface area contributed by atoms with Crippen molar-refractivity contribution in [3.05, 3.63) is 45.3 Å². The molecule has 0 aliphatic heterocycles. The van der Waals surface area contributed by atoms with Crippen LogP contribution < -0.4 is 10.1 Å². The normalized spacial score (nSPS) is 10.6. The van der Waals surface area contributed by atoms with Crippen LogP contribution in [0.3, 0.4) is 0 Å². The number of halogens is 3. The number of hydrogen-bond acceptors (Lipinski definition) is 4. The Morgan fingerprint density at radius 3 is 2.45 bits per heavy atom. The molecule has 0 amide bonds. The van der Waals surface area contributed by atoms with Crippen LogP contribution in [0, 0.1) is 0 Å². The molecule has 2 rings (SSSR count). The predicted molar refractivity (Wildman–Crippen MR) is 81.0 cm³/mol. The maximum absolute atomic E-state index is 6.02. The van der Waals surface area contributed by atoms with Gasteiger partial charge in [-0.25, -0.2) is 4.98 Å². The summed E-state index contributed by atoms with van der Waals surface area (Å²) in [5, 5.41) is 4.25. The van der Waals surface area contributed by atoms with Gasteiger partial charge in [-0.15, -0.1) is 0 Å². The zero-order valence-corrected chi connectivity index (χ0v) is 12.9. The molecule has 1 heterocycles. The number of rotatable bonds is 5. The van der Waals surface area contributed by atoms with Crippen LogP contribution in [0.25, 0.3) is 0 Å². The predicted octanol–water partition coefficient (Wildman–Crippen LogP) is 4.34. The van der Waals surface area contributed by atoms with Gasteiger partial charge in [0.05, 0.1) is 33.2 Å². The fourth-order valence-electron chi connectivity index (χ4n) is 1.44.